The first-order valence-electron chi connectivity index (χ1n) is 6.44. The number of hydrogen-bond acceptors (Lipinski definition) is 4. The van der Waals surface area contributed by atoms with Crippen LogP contribution in [0.2, 0.25) is 0 Å². The number of amides is 3. The zero-order chi connectivity index (χ0) is 15.7. The molecule has 1 aromatic rings. The van der Waals surface area contributed by atoms with Crippen molar-refractivity contribution in [3.8, 4) is 0 Å². The van der Waals surface area contributed by atoms with E-state index in [-0.39, 0.29) is 18.2 Å². The fourth-order valence-electron chi connectivity index (χ4n) is 1.55. The van der Waals surface area contributed by atoms with Crippen molar-refractivity contribution in [1.29, 1.82) is 0 Å². The molecule has 0 aliphatic rings. The Hall–Kier alpha value is -2.41. The predicted octanol–water partition coefficient (Wildman–Crippen LogP) is 0.736. The van der Waals surface area contributed by atoms with Crippen molar-refractivity contribution in [2.24, 2.45) is 0 Å². The predicted molar refractivity (Wildman–Crippen MR) is 78.9 cm³/mol. The average Bonchev–Trinajstić information content (AvgIpc) is 2.40. The highest BCUT2D eigenvalue weighted by Gasteiger charge is 2.09. The van der Waals surface area contributed by atoms with Crippen LogP contribution in [0.4, 0.5) is 11.4 Å². The molecule has 0 fully saturated rings. The minimum atomic E-state index is -0.405. The third-order valence-electron chi connectivity index (χ3n) is 2.44. The molecule has 114 valence electrons. The van der Waals surface area contributed by atoms with Gasteiger partial charge in [0.15, 0.2) is 0 Å². The first-order chi connectivity index (χ1) is 10.0. The van der Waals surface area contributed by atoms with E-state index >= 15 is 0 Å². The van der Waals surface area contributed by atoms with Gasteiger partial charge in [-0.15, -0.1) is 0 Å². The van der Waals surface area contributed by atoms with Gasteiger partial charge in [-0.1, -0.05) is 0 Å². The number of hydrogen-bond donors (Lipinski definition) is 3. The molecule has 0 saturated heterocycles. The van der Waals surface area contributed by atoms with Crippen molar-refractivity contribution in [2.45, 2.75) is 13.3 Å². The zero-order valence-electron chi connectivity index (χ0n) is 12.1. The molecular formula is C14H19N3O4. The van der Waals surface area contributed by atoms with Gasteiger partial charge in [0.25, 0.3) is 0 Å². The Labute approximate surface area is 123 Å². The molecule has 0 heterocycles. The first kappa shape index (κ1) is 16.6. The monoisotopic (exact) mass is 293 g/mol. The van der Waals surface area contributed by atoms with Crippen LogP contribution in [0.5, 0.6) is 0 Å². The van der Waals surface area contributed by atoms with Gasteiger partial charge in [0.1, 0.15) is 6.42 Å². The van der Waals surface area contributed by atoms with E-state index in [4.69, 9.17) is 4.74 Å². The molecule has 0 bridgehead atoms. The zero-order valence-corrected chi connectivity index (χ0v) is 12.1. The summed E-state index contributed by atoms with van der Waals surface area (Å²) >= 11 is 0. The summed E-state index contributed by atoms with van der Waals surface area (Å²) in [4.78, 5) is 33.9. The molecule has 7 heteroatoms. The maximum Gasteiger partial charge on any atom is 0.233 e. The topological polar surface area (TPSA) is 96.5 Å². The van der Waals surface area contributed by atoms with Gasteiger partial charge < -0.3 is 20.7 Å². The van der Waals surface area contributed by atoms with Crippen LogP contribution in [0, 0.1) is 0 Å². The van der Waals surface area contributed by atoms with Crippen molar-refractivity contribution in [1.82, 2.24) is 5.32 Å². The molecule has 21 heavy (non-hydrogen) atoms. The summed E-state index contributed by atoms with van der Waals surface area (Å²) < 4.78 is 4.79. The van der Waals surface area contributed by atoms with Crippen LogP contribution in [-0.2, 0) is 19.1 Å². The minimum absolute atomic E-state index is 0.167. The summed E-state index contributed by atoms with van der Waals surface area (Å²) in [6, 6.07) is 6.61. The molecule has 0 aliphatic heterocycles. The third kappa shape index (κ3) is 7.07. The van der Waals surface area contributed by atoms with E-state index in [9.17, 15) is 14.4 Å². The average molecular weight is 293 g/mol. The van der Waals surface area contributed by atoms with Crippen LogP contribution in [0.25, 0.3) is 0 Å². The van der Waals surface area contributed by atoms with E-state index in [0.29, 0.717) is 24.5 Å². The maximum atomic E-state index is 11.6. The Morgan fingerprint density at radius 1 is 1.00 bits per heavy atom. The van der Waals surface area contributed by atoms with Crippen molar-refractivity contribution in [3.63, 3.8) is 0 Å². The smallest absolute Gasteiger partial charge is 0.233 e. The molecule has 0 atom stereocenters. The molecule has 7 nitrogen and oxygen atoms in total. The van der Waals surface area contributed by atoms with Gasteiger partial charge in [-0.25, -0.2) is 0 Å². The molecule has 1 rings (SSSR count). The Kier molecular flexibility index (Phi) is 6.90. The summed E-state index contributed by atoms with van der Waals surface area (Å²) in [5.74, 6) is -0.934. The first-order valence-corrected chi connectivity index (χ1v) is 6.44. The van der Waals surface area contributed by atoms with Crippen LogP contribution < -0.4 is 16.0 Å². The van der Waals surface area contributed by atoms with E-state index in [1.54, 1.807) is 24.3 Å². The number of benzene rings is 1. The lowest BCUT2D eigenvalue weighted by Crippen LogP contribution is -2.30. The molecule has 0 saturated carbocycles. The normalized spacial score (nSPS) is 9.81. The van der Waals surface area contributed by atoms with Crippen molar-refractivity contribution >= 4 is 29.1 Å². The van der Waals surface area contributed by atoms with Gasteiger partial charge in [0.2, 0.25) is 17.7 Å². The van der Waals surface area contributed by atoms with Crippen molar-refractivity contribution < 1.29 is 19.1 Å². The van der Waals surface area contributed by atoms with Gasteiger partial charge in [-0.2, -0.15) is 0 Å². The van der Waals surface area contributed by atoms with E-state index < -0.39 is 5.91 Å². The Morgan fingerprint density at radius 3 is 2.10 bits per heavy atom. The highest BCUT2D eigenvalue weighted by Crippen LogP contribution is 2.13. The summed E-state index contributed by atoms with van der Waals surface area (Å²) in [5, 5.41) is 7.78. The quantitative estimate of drug-likeness (QED) is 0.510. The second-order valence-corrected chi connectivity index (χ2v) is 4.33. The summed E-state index contributed by atoms with van der Waals surface area (Å²) in [5.41, 5.74) is 1.19. The lowest BCUT2D eigenvalue weighted by atomic mass is 10.2. The van der Waals surface area contributed by atoms with Gasteiger partial charge in [-0.3, -0.25) is 14.4 Å². The summed E-state index contributed by atoms with van der Waals surface area (Å²) in [6.45, 7) is 2.18. The molecule has 3 amide bonds. The number of ether oxygens (including phenoxy) is 1. The number of rotatable bonds is 7. The maximum absolute atomic E-state index is 11.6. The minimum Gasteiger partial charge on any atom is -0.383 e. The Balaban J connectivity index is 2.40. The standard InChI is InChI=1S/C14H19N3O4/c1-10(18)16-11-3-5-12(6-4-11)17-14(20)9-13(19)15-7-8-21-2/h3-6H,7-9H2,1-2H3,(H,15,19)(H,16,18)(H,17,20). The summed E-state index contributed by atoms with van der Waals surface area (Å²) in [7, 11) is 1.53. The molecule has 3 N–H and O–H groups in total. The Morgan fingerprint density at radius 2 is 1.57 bits per heavy atom. The van der Waals surface area contributed by atoms with E-state index in [1.165, 1.54) is 14.0 Å². The number of carbonyl (C=O) groups is 3. The van der Waals surface area contributed by atoms with Gasteiger partial charge in [0, 0.05) is 32.0 Å². The number of methoxy groups -OCH3 is 1. The number of anilines is 2. The second kappa shape index (κ2) is 8.70. The highest BCUT2D eigenvalue weighted by atomic mass is 16.5. The molecule has 0 radical (unpaired) electrons. The molecule has 1 aromatic carbocycles. The Bertz CT molecular complexity index is 499. The van der Waals surface area contributed by atoms with Crippen LogP contribution in [0.3, 0.4) is 0 Å². The SMILES string of the molecule is COCCNC(=O)CC(=O)Nc1ccc(NC(C)=O)cc1. The van der Waals surface area contributed by atoms with Gasteiger partial charge in [-0.05, 0) is 24.3 Å². The van der Waals surface area contributed by atoms with E-state index in [0.717, 1.165) is 0 Å². The van der Waals surface area contributed by atoms with Gasteiger partial charge >= 0.3 is 0 Å². The van der Waals surface area contributed by atoms with Crippen LogP contribution in [0.1, 0.15) is 13.3 Å². The molecule has 0 aliphatic carbocycles. The second-order valence-electron chi connectivity index (χ2n) is 4.33. The fourth-order valence-corrected chi connectivity index (χ4v) is 1.55. The molecule has 0 aromatic heterocycles. The number of nitrogens with one attached hydrogen (secondary N) is 3. The lowest BCUT2D eigenvalue weighted by molar-refractivity contribution is -0.127. The van der Waals surface area contributed by atoms with Crippen LogP contribution in [-0.4, -0.2) is 38.0 Å². The molecule has 0 spiro atoms. The van der Waals surface area contributed by atoms with Crippen molar-refractivity contribution in [2.75, 3.05) is 30.9 Å². The fraction of sp³-hybridized carbons (Fsp3) is 0.357. The number of carbonyl (C=O) groups excluding carboxylic acids is 3. The van der Waals surface area contributed by atoms with Crippen molar-refractivity contribution in [3.05, 3.63) is 24.3 Å². The third-order valence-corrected chi connectivity index (χ3v) is 2.44. The highest BCUT2D eigenvalue weighted by molar-refractivity contribution is 6.03. The molecular weight excluding hydrogens is 274 g/mol. The van der Waals surface area contributed by atoms with E-state index in [2.05, 4.69) is 16.0 Å². The molecule has 0 unspecified atom stereocenters. The largest absolute Gasteiger partial charge is 0.383 e. The van der Waals surface area contributed by atoms with Crippen LogP contribution >= 0.6 is 0 Å². The van der Waals surface area contributed by atoms with E-state index in [1.807, 2.05) is 0 Å². The van der Waals surface area contributed by atoms with Crippen LogP contribution in [0.15, 0.2) is 24.3 Å². The van der Waals surface area contributed by atoms with Gasteiger partial charge in [0.05, 0.1) is 6.61 Å². The lowest BCUT2D eigenvalue weighted by Gasteiger charge is -2.07. The summed E-state index contributed by atoms with van der Waals surface area (Å²) in [6.07, 6.45) is -0.253.